The standard InChI is InChI=1S/C23H27NO5/c1-15(11-21(25)29-23(2,3)4)22(26)24-18-6-9-19(10-7-18)28-20-8-5-16-13-27-14-17(16)12-20/h5-10,12,15H,11,13-14H2,1-4H3,(H,24,26)/t15-/m0/s1. The second-order valence-corrected chi connectivity index (χ2v) is 8.23. The van der Waals surface area contributed by atoms with Gasteiger partial charge in [-0.05, 0) is 68.3 Å². The first-order chi connectivity index (χ1) is 13.7. The van der Waals surface area contributed by atoms with Crippen molar-refractivity contribution in [3.8, 4) is 11.5 Å². The third-order valence-electron chi connectivity index (χ3n) is 4.39. The van der Waals surface area contributed by atoms with Gasteiger partial charge in [-0.3, -0.25) is 9.59 Å². The highest BCUT2D eigenvalue weighted by Gasteiger charge is 2.22. The van der Waals surface area contributed by atoms with E-state index in [1.807, 2.05) is 18.2 Å². The van der Waals surface area contributed by atoms with E-state index >= 15 is 0 Å². The molecule has 1 aliphatic rings. The minimum absolute atomic E-state index is 0.0341. The summed E-state index contributed by atoms with van der Waals surface area (Å²) in [5, 5.41) is 2.82. The van der Waals surface area contributed by atoms with E-state index in [1.165, 1.54) is 5.56 Å². The van der Waals surface area contributed by atoms with E-state index < -0.39 is 11.5 Å². The molecule has 1 aliphatic heterocycles. The number of amides is 1. The number of anilines is 1. The van der Waals surface area contributed by atoms with Crippen LogP contribution in [0.5, 0.6) is 11.5 Å². The highest BCUT2D eigenvalue weighted by Crippen LogP contribution is 2.28. The first kappa shape index (κ1) is 20.9. The molecule has 1 amide bonds. The molecular weight excluding hydrogens is 370 g/mol. The van der Waals surface area contributed by atoms with Crippen LogP contribution in [0.3, 0.4) is 0 Å². The molecule has 1 atom stereocenters. The minimum Gasteiger partial charge on any atom is -0.460 e. The third-order valence-corrected chi connectivity index (χ3v) is 4.39. The van der Waals surface area contributed by atoms with Crippen LogP contribution in [0, 0.1) is 5.92 Å². The zero-order valence-corrected chi connectivity index (χ0v) is 17.3. The molecule has 0 unspecified atom stereocenters. The number of fused-ring (bicyclic) bond motifs is 1. The van der Waals surface area contributed by atoms with Crippen LogP contribution in [0.2, 0.25) is 0 Å². The lowest BCUT2D eigenvalue weighted by atomic mass is 10.1. The van der Waals surface area contributed by atoms with E-state index in [9.17, 15) is 9.59 Å². The van der Waals surface area contributed by atoms with Gasteiger partial charge in [0.2, 0.25) is 5.91 Å². The number of benzene rings is 2. The van der Waals surface area contributed by atoms with Crippen LogP contribution in [0.25, 0.3) is 0 Å². The van der Waals surface area contributed by atoms with Crippen molar-refractivity contribution in [1.82, 2.24) is 0 Å². The van der Waals surface area contributed by atoms with Crippen LogP contribution in [0.15, 0.2) is 42.5 Å². The number of hydrogen-bond donors (Lipinski definition) is 1. The highest BCUT2D eigenvalue weighted by atomic mass is 16.6. The van der Waals surface area contributed by atoms with Crippen molar-refractivity contribution in [3.63, 3.8) is 0 Å². The SMILES string of the molecule is C[C@@H](CC(=O)OC(C)(C)C)C(=O)Nc1ccc(Oc2ccc3c(c2)COC3)cc1. The van der Waals surface area contributed by atoms with Crippen LogP contribution in [-0.4, -0.2) is 17.5 Å². The molecule has 2 aromatic rings. The lowest BCUT2D eigenvalue weighted by Crippen LogP contribution is -2.28. The maximum absolute atomic E-state index is 12.3. The fraction of sp³-hybridized carbons (Fsp3) is 0.391. The molecule has 0 radical (unpaired) electrons. The van der Waals surface area contributed by atoms with Gasteiger partial charge in [-0.15, -0.1) is 0 Å². The summed E-state index contributed by atoms with van der Waals surface area (Å²) in [6, 6.07) is 13.0. The van der Waals surface area contributed by atoms with Gasteiger partial charge in [-0.2, -0.15) is 0 Å². The summed E-state index contributed by atoms with van der Waals surface area (Å²) < 4.78 is 16.6. The first-order valence-electron chi connectivity index (χ1n) is 9.70. The van der Waals surface area contributed by atoms with Crippen LogP contribution >= 0.6 is 0 Å². The van der Waals surface area contributed by atoms with Gasteiger partial charge in [-0.1, -0.05) is 13.0 Å². The van der Waals surface area contributed by atoms with E-state index in [4.69, 9.17) is 14.2 Å². The Balaban J connectivity index is 1.53. The number of esters is 1. The predicted octanol–water partition coefficient (Wildman–Crippen LogP) is 4.82. The normalized spacial score (nSPS) is 14.1. The van der Waals surface area contributed by atoms with Crippen molar-refractivity contribution in [1.29, 1.82) is 0 Å². The second kappa shape index (κ2) is 8.66. The predicted molar refractivity (Wildman–Crippen MR) is 110 cm³/mol. The molecule has 0 bridgehead atoms. The fourth-order valence-electron chi connectivity index (χ4n) is 2.95. The van der Waals surface area contributed by atoms with Gasteiger partial charge in [0.15, 0.2) is 0 Å². The Morgan fingerprint density at radius 1 is 1.03 bits per heavy atom. The van der Waals surface area contributed by atoms with Crippen molar-refractivity contribution in [2.45, 2.75) is 52.9 Å². The molecule has 6 nitrogen and oxygen atoms in total. The molecule has 1 heterocycles. The molecule has 0 aliphatic carbocycles. The Morgan fingerprint density at radius 2 is 1.69 bits per heavy atom. The molecule has 6 heteroatoms. The van der Waals surface area contributed by atoms with Gasteiger partial charge in [0, 0.05) is 11.6 Å². The van der Waals surface area contributed by atoms with Gasteiger partial charge < -0.3 is 19.5 Å². The summed E-state index contributed by atoms with van der Waals surface area (Å²) in [6.07, 6.45) is 0.0341. The van der Waals surface area contributed by atoms with Crippen LogP contribution < -0.4 is 10.1 Å². The number of rotatable bonds is 6. The zero-order chi connectivity index (χ0) is 21.0. The number of nitrogens with one attached hydrogen (secondary N) is 1. The lowest BCUT2D eigenvalue weighted by molar-refractivity contribution is -0.156. The molecule has 3 rings (SSSR count). The molecule has 154 valence electrons. The molecule has 2 aromatic carbocycles. The molecule has 29 heavy (non-hydrogen) atoms. The minimum atomic E-state index is -0.561. The topological polar surface area (TPSA) is 73.9 Å². The average Bonchev–Trinajstić information content (AvgIpc) is 3.09. The monoisotopic (exact) mass is 397 g/mol. The number of hydrogen-bond acceptors (Lipinski definition) is 5. The fourth-order valence-corrected chi connectivity index (χ4v) is 2.95. The van der Waals surface area contributed by atoms with Crippen molar-refractivity contribution in [3.05, 3.63) is 53.6 Å². The Bertz CT molecular complexity index is 883. The number of carbonyl (C=O) groups is 2. The Morgan fingerprint density at radius 3 is 2.38 bits per heavy atom. The van der Waals surface area contributed by atoms with Crippen LogP contribution in [-0.2, 0) is 32.3 Å². The van der Waals surface area contributed by atoms with Crippen molar-refractivity contribution in [2.75, 3.05) is 5.32 Å². The Labute approximate surface area is 171 Å². The second-order valence-electron chi connectivity index (χ2n) is 8.23. The summed E-state index contributed by atoms with van der Waals surface area (Å²) in [5.41, 5.74) is 2.41. The molecule has 0 saturated carbocycles. The summed E-state index contributed by atoms with van der Waals surface area (Å²) in [4.78, 5) is 24.2. The smallest absolute Gasteiger partial charge is 0.307 e. The molecular formula is C23H27NO5. The molecule has 0 fully saturated rings. The largest absolute Gasteiger partial charge is 0.460 e. The first-order valence-corrected chi connectivity index (χ1v) is 9.70. The Kier molecular flexibility index (Phi) is 6.23. The van der Waals surface area contributed by atoms with Crippen molar-refractivity contribution in [2.24, 2.45) is 5.92 Å². The van der Waals surface area contributed by atoms with E-state index in [-0.39, 0.29) is 18.3 Å². The molecule has 0 aromatic heterocycles. The van der Waals surface area contributed by atoms with Gasteiger partial charge in [0.25, 0.3) is 0 Å². The maximum atomic E-state index is 12.3. The maximum Gasteiger partial charge on any atom is 0.307 e. The highest BCUT2D eigenvalue weighted by molar-refractivity contribution is 5.94. The van der Waals surface area contributed by atoms with Gasteiger partial charge in [-0.25, -0.2) is 0 Å². The number of carbonyl (C=O) groups excluding carboxylic acids is 2. The summed E-state index contributed by atoms with van der Waals surface area (Å²) >= 11 is 0. The van der Waals surface area contributed by atoms with Gasteiger partial charge in [0.05, 0.1) is 19.6 Å². The molecule has 0 saturated heterocycles. The lowest BCUT2D eigenvalue weighted by Gasteiger charge is -2.20. The van der Waals surface area contributed by atoms with E-state index in [2.05, 4.69) is 5.32 Å². The van der Waals surface area contributed by atoms with Gasteiger partial charge >= 0.3 is 5.97 Å². The summed E-state index contributed by atoms with van der Waals surface area (Å²) in [5.74, 6) is 0.307. The summed E-state index contributed by atoms with van der Waals surface area (Å²) in [6.45, 7) is 8.37. The molecule has 0 spiro atoms. The quantitative estimate of drug-likeness (QED) is 0.708. The van der Waals surface area contributed by atoms with Crippen LogP contribution in [0.4, 0.5) is 5.69 Å². The van der Waals surface area contributed by atoms with Crippen molar-refractivity contribution < 1.29 is 23.8 Å². The third kappa shape index (κ3) is 6.06. The van der Waals surface area contributed by atoms with E-state index in [1.54, 1.807) is 52.0 Å². The summed E-state index contributed by atoms with van der Waals surface area (Å²) in [7, 11) is 0. The van der Waals surface area contributed by atoms with E-state index in [0.717, 1.165) is 11.3 Å². The number of ether oxygens (including phenoxy) is 3. The van der Waals surface area contributed by atoms with E-state index in [0.29, 0.717) is 24.7 Å². The van der Waals surface area contributed by atoms with Gasteiger partial charge in [0.1, 0.15) is 17.1 Å². The molecule has 1 N–H and O–H groups in total. The van der Waals surface area contributed by atoms with Crippen molar-refractivity contribution >= 4 is 17.6 Å². The Hall–Kier alpha value is -2.86. The average molecular weight is 397 g/mol. The van der Waals surface area contributed by atoms with Crippen LogP contribution in [0.1, 0.15) is 45.2 Å². The zero-order valence-electron chi connectivity index (χ0n) is 17.3.